The summed E-state index contributed by atoms with van der Waals surface area (Å²) in [6.07, 6.45) is 1.11. The number of hydrogen-bond donors (Lipinski definition) is 1. The minimum Gasteiger partial charge on any atom is -0.497 e. The Morgan fingerprint density at radius 3 is 1.93 bits per heavy atom. The Labute approximate surface area is 244 Å². The molecule has 2 atom stereocenters. The third-order valence-corrected chi connectivity index (χ3v) is 8.90. The molecule has 41 heavy (non-hydrogen) atoms. The van der Waals surface area contributed by atoms with Crippen LogP contribution >= 0.6 is 0 Å². The number of carbonyl (C=O) groups excluding carboxylic acids is 2. The molecule has 220 valence electrons. The maximum Gasteiger partial charge on any atom is 0.264 e. The third-order valence-electron chi connectivity index (χ3n) is 7.11. The molecule has 3 aromatic rings. The van der Waals surface area contributed by atoms with Crippen LogP contribution in [0.15, 0.2) is 77.7 Å². The molecule has 0 spiro atoms. The molecule has 0 radical (unpaired) electrons. The van der Waals surface area contributed by atoms with Crippen LogP contribution in [0.4, 0.5) is 5.69 Å². The van der Waals surface area contributed by atoms with Gasteiger partial charge in [0, 0.05) is 12.6 Å². The second kappa shape index (κ2) is 14.2. The second-order valence-corrected chi connectivity index (χ2v) is 12.1. The van der Waals surface area contributed by atoms with Gasteiger partial charge in [0.25, 0.3) is 10.0 Å². The molecular weight excluding hydrogens is 538 g/mol. The SMILES string of the molecule is CC[C@@H](C)NC(=O)[C@@H](CC)N(Cc1ccc(C)cc1)C(=O)CN(c1ccc(OC)cc1)S(=O)(=O)c1ccc(C)cc1. The fourth-order valence-corrected chi connectivity index (χ4v) is 5.78. The molecule has 0 heterocycles. The summed E-state index contributed by atoms with van der Waals surface area (Å²) in [5.41, 5.74) is 3.14. The summed E-state index contributed by atoms with van der Waals surface area (Å²) in [7, 11) is -2.60. The number of methoxy groups -OCH3 is 1. The molecule has 0 bridgehead atoms. The number of rotatable bonds is 13. The van der Waals surface area contributed by atoms with E-state index in [0.29, 0.717) is 17.9 Å². The number of nitrogens with zero attached hydrogens (tertiary/aromatic N) is 2. The molecule has 9 heteroatoms. The maximum atomic E-state index is 14.1. The van der Waals surface area contributed by atoms with E-state index in [9.17, 15) is 18.0 Å². The fraction of sp³-hybridized carbons (Fsp3) is 0.375. The number of hydrogen-bond acceptors (Lipinski definition) is 5. The van der Waals surface area contributed by atoms with Gasteiger partial charge in [0.1, 0.15) is 18.3 Å². The Kier molecular flexibility index (Phi) is 10.9. The first-order valence-corrected chi connectivity index (χ1v) is 15.3. The van der Waals surface area contributed by atoms with Gasteiger partial charge in [0.15, 0.2) is 0 Å². The minimum atomic E-state index is -4.13. The Morgan fingerprint density at radius 2 is 1.41 bits per heavy atom. The van der Waals surface area contributed by atoms with E-state index in [4.69, 9.17) is 4.74 Å². The predicted molar refractivity (Wildman–Crippen MR) is 162 cm³/mol. The van der Waals surface area contributed by atoms with Gasteiger partial charge in [-0.15, -0.1) is 0 Å². The lowest BCUT2D eigenvalue weighted by Gasteiger charge is -2.33. The highest BCUT2D eigenvalue weighted by Crippen LogP contribution is 2.27. The first kappa shape index (κ1) is 31.7. The van der Waals surface area contributed by atoms with Crippen molar-refractivity contribution in [2.75, 3.05) is 18.0 Å². The fourth-order valence-electron chi connectivity index (χ4n) is 4.37. The highest BCUT2D eigenvalue weighted by atomic mass is 32.2. The van der Waals surface area contributed by atoms with Crippen molar-refractivity contribution in [3.05, 3.63) is 89.5 Å². The summed E-state index contributed by atoms with van der Waals surface area (Å²) in [5, 5.41) is 2.99. The lowest BCUT2D eigenvalue weighted by Crippen LogP contribution is -2.53. The van der Waals surface area contributed by atoms with Crippen LogP contribution in [0.3, 0.4) is 0 Å². The lowest BCUT2D eigenvalue weighted by molar-refractivity contribution is -0.140. The molecule has 1 N–H and O–H groups in total. The van der Waals surface area contributed by atoms with Crippen LogP contribution in [-0.2, 0) is 26.2 Å². The van der Waals surface area contributed by atoms with Crippen LogP contribution in [-0.4, -0.2) is 50.9 Å². The molecule has 2 amide bonds. The number of aryl methyl sites for hydroxylation is 2. The van der Waals surface area contributed by atoms with Crippen LogP contribution in [0, 0.1) is 13.8 Å². The van der Waals surface area contributed by atoms with E-state index < -0.39 is 28.5 Å². The lowest BCUT2D eigenvalue weighted by atomic mass is 10.1. The topological polar surface area (TPSA) is 96.0 Å². The molecular formula is C32H41N3O5S. The Balaban J connectivity index is 2.05. The number of benzene rings is 3. The van der Waals surface area contributed by atoms with E-state index in [0.717, 1.165) is 27.4 Å². The zero-order valence-corrected chi connectivity index (χ0v) is 25.6. The first-order chi connectivity index (χ1) is 19.5. The van der Waals surface area contributed by atoms with Gasteiger partial charge in [-0.05, 0) is 75.6 Å². The van der Waals surface area contributed by atoms with E-state index in [-0.39, 0.29) is 23.4 Å². The van der Waals surface area contributed by atoms with Gasteiger partial charge in [-0.3, -0.25) is 13.9 Å². The van der Waals surface area contributed by atoms with E-state index in [2.05, 4.69) is 5.32 Å². The van der Waals surface area contributed by atoms with Crippen molar-refractivity contribution in [2.24, 2.45) is 0 Å². The monoisotopic (exact) mass is 579 g/mol. The van der Waals surface area contributed by atoms with Gasteiger partial charge in [-0.1, -0.05) is 61.4 Å². The normalized spacial score (nSPS) is 12.7. The van der Waals surface area contributed by atoms with E-state index in [1.54, 1.807) is 36.4 Å². The average molecular weight is 580 g/mol. The molecule has 0 unspecified atom stereocenters. The van der Waals surface area contributed by atoms with Gasteiger partial charge >= 0.3 is 0 Å². The van der Waals surface area contributed by atoms with Gasteiger partial charge in [-0.25, -0.2) is 8.42 Å². The number of nitrogens with one attached hydrogen (secondary N) is 1. The van der Waals surface area contributed by atoms with Crippen molar-refractivity contribution in [2.45, 2.75) is 71.0 Å². The van der Waals surface area contributed by atoms with Crippen LogP contribution < -0.4 is 14.4 Å². The Morgan fingerprint density at radius 1 is 0.854 bits per heavy atom. The number of ether oxygens (including phenoxy) is 1. The Hall–Kier alpha value is -3.85. The minimum absolute atomic E-state index is 0.0643. The van der Waals surface area contributed by atoms with Gasteiger partial charge in [-0.2, -0.15) is 0 Å². The van der Waals surface area contributed by atoms with Crippen molar-refractivity contribution < 1.29 is 22.7 Å². The standard InChI is InChI=1S/C32H41N3O5S/c1-7-25(5)33-32(37)30(8-2)34(21-26-13-9-23(3)10-14-26)31(36)22-35(27-15-17-28(40-6)18-16-27)41(38,39)29-19-11-24(4)12-20-29/h9-20,25,30H,7-8,21-22H2,1-6H3,(H,33,37)/t25-,30-/m1/s1. The zero-order chi connectivity index (χ0) is 30.2. The summed E-state index contributed by atoms with van der Waals surface area (Å²) < 4.78 is 34.3. The van der Waals surface area contributed by atoms with Crippen molar-refractivity contribution in [1.29, 1.82) is 0 Å². The summed E-state index contributed by atoms with van der Waals surface area (Å²) in [5.74, 6) is -0.190. The molecule has 3 rings (SSSR count). The van der Waals surface area contributed by atoms with Crippen LogP contribution in [0.2, 0.25) is 0 Å². The van der Waals surface area contributed by atoms with Crippen molar-refractivity contribution in [3.63, 3.8) is 0 Å². The summed E-state index contributed by atoms with van der Waals surface area (Å²) in [6, 6.07) is 19.9. The number of sulfonamides is 1. The molecule has 0 saturated carbocycles. The van der Waals surface area contributed by atoms with Crippen molar-refractivity contribution in [3.8, 4) is 5.75 Å². The third kappa shape index (κ3) is 8.10. The highest BCUT2D eigenvalue weighted by molar-refractivity contribution is 7.92. The van der Waals surface area contributed by atoms with E-state index in [1.807, 2.05) is 58.9 Å². The van der Waals surface area contributed by atoms with Crippen LogP contribution in [0.5, 0.6) is 5.75 Å². The van der Waals surface area contributed by atoms with Gasteiger partial charge in [0.05, 0.1) is 17.7 Å². The smallest absolute Gasteiger partial charge is 0.264 e. The summed E-state index contributed by atoms with van der Waals surface area (Å²) in [4.78, 5) is 29.0. The van der Waals surface area contributed by atoms with Crippen LogP contribution in [0.1, 0.15) is 50.3 Å². The molecule has 8 nitrogen and oxygen atoms in total. The number of amides is 2. The largest absolute Gasteiger partial charge is 0.497 e. The van der Waals surface area contributed by atoms with Crippen molar-refractivity contribution >= 4 is 27.5 Å². The second-order valence-electron chi connectivity index (χ2n) is 10.3. The average Bonchev–Trinajstić information content (AvgIpc) is 2.96. The zero-order valence-electron chi connectivity index (χ0n) is 24.8. The highest BCUT2D eigenvalue weighted by Gasteiger charge is 2.34. The summed E-state index contributed by atoms with van der Waals surface area (Å²) in [6.45, 7) is 9.26. The molecule has 0 aromatic heterocycles. The molecule has 0 aliphatic rings. The quantitative estimate of drug-likeness (QED) is 0.299. The van der Waals surface area contributed by atoms with Gasteiger partial charge in [0.2, 0.25) is 11.8 Å². The number of carbonyl (C=O) groups is 2. The molecule has 3 aromatic carbocycles. The van der Waals surface area contributed by atoms with Crippen molar-refractivity contribution in [1.82, 2.24) is 10.2 Å². The molecule has 0 fully saturated rings. The summed E-state index contributed by atoms with van der Waals surface area (Å²) >= 11 is 0. The molecule has 0 aliphatic heterocycles. The number of anilines is 1. The molecule has 0 aliphatic carbocycles. The van der Waals surface area contributed by atoms with Gasteiger partial charge < -0.3 is 15.0 Å². The first-order valence-electron chi connectivity index (χ1n) is 13.9. The Bertz CT molecular complexity index is 1410. The van der Waals surface area contributed by atoms with Crippen LogP contribution in [0.25, 0.3) is 0 Å². The predicted octanol–water partition coefficient (Wildman–Crippen LogP) is 5.23. The maximum absolute atomic E-state index is 14.1. The van der Waals surface area contributed by atoms with E-state index >= 15 is 0 Å². The molecule has 0 saturated heterocycles. The van der Waals surface area contributed by atoms with E-state index in [1.165, 1.54) is 24.1 Å².